The molecular weight excluding hydrogens is 272 g/mol. The number of nitro groups is 1. The summed E-state index contributed by atoms with van der Waals surface area (Å²) in [6.07, 6.45) is 2.72. The molecule has 114 valence electrons. The molecule has 0 aromatic heterocycles. The third-order valence-corrected chi connectivity index (χ3v) is 4.03. The lowest BCUT2D eigenvalue weighted by atomic mass is 9.93. The van der Waals surface area contributed by atoms with E-state index in [1.807, 2.05) is 11.0 Å². The van der Waals surface area contributed by atoms with Gasteiger partial charge in [-0.2, -0.15) is 0 Å². The predicted molar refractivity (Wildman–Crippen MR) is 79.6 cm³/mol. The number of hydrogen-bond donors (Lipinski definition) is 1. The van der Waals surface area contributed by atoms with Crippen molar-refractivity contribution < 1.29 is 14.8 Å². The van der Waals surface area contributed by atoms with Gasteiger partial charge in [-0.25, -0.2) is 0 Å². The quantitative estimate of drug-likeness (QED) is 0.666. The number of nitrogens with zero attached hydrogens (tertiary/aromatic N) is 2. The van der Waals surface area contributed by atoms with E-state index in [1.54, 1.807) is 19.1 Å². The van der Waals surface area contributed by atoms with Crippen LogP contribution in [0.3, 0.4) is 0 Å². The molecule has 21 heavy (non-hydrogen) atoms. The maximum atomic E-state index is 11.3. The summed E-state index contributed by atoms with van der Waals surface area (Å²) in [6, 6.07) is 5.36. The first kappa shape index (κ1) is 15.3. The molecule has 0 aliphatic carbocycles. The van der Waals surface area contributed by atoms with Gasteiger partial charge in [-0.1, -0.05) is 12.1 Å². The number of para-hydroxylation sites is 1. The van der Waals surface area contributed by atoms with E-state index >= 15 is 0 Å². The van der Waals surface area contributed by atoms with Crippen molar-refractivity contribution in [3.05, 3.63) is 33.9 Å². The Morgan fingerprint density at radius 1 is 1.52 bits per heavy atom. The molecule has 1 aliphatic heterocycles. The van der Waals surface area contributed by atoms with Crippen molar-refractivity contribution in [1.29, 1.82) is 0 Å². The molecule has 1 saturated heterocycles. The minimum absolute atomic E-state index is 0.161. The van der Waals surface area contributed by atoms with Crippen LogP contribution in [0.4, 0.5) is 11.4 Å². The standard InChI is InChI=1S/C15H20N2O4/c1-11-4-2-6-13(15(11)17(20)21)16-9-3-5-12(10-16)7-8-14(18)19/h2,4,6,12H,3,5,7-10H2,1H3,(H,18,19). The first-order chi connectivity index (χ1) is 9.99. The Kier molecular flexibility index (Phi) is 4.77. The van der Waals surface area contributed by atoms with Crippen molar-refractivity contribution in [2.75, 3.05) is 18.0 Å². The summed E-state index contributed by atoms with van der Waals surface area (Å²) in [7, 11) is 0. The van der Waals surface area contributed by atoms with E-state index in [-0.39, 0.29) is 22.9 Å². The Hall–Kier alpha value is -2.11. The molecule has 0 spiro atoms. The van der Waals surface area contributed by atoms with Crippen molar-refractivity contribution in [2.45, 2.75) is 32.6 Å². The van der Waals surface area contributed by atoms with Gasteiger partial charge >= 0.3 is 5.97 Å². The highest BCUT2D eigenvalue weighted by molar-refractivity contribution is 5.67. The van der Waals surface area contributed by atoms with E-state index in [1.165, 1.54) is 0 Å². The predicted octanol–water partition coefficient (Wildman–Crippen LogP) is 2.98. The summed E-state index contributed by atoms with van der Waals surface area (Å²) >= 11 is 0. The molecule has 6 heteroatoms. The molecule has 6 nitrogen and oxygen atoms in total. The fourth-order valence-electron chi connectivity index (χ4n) is 2.98. The zero-order chi connectivity index (χ0) is 15.4. The van der Waals surface area contributed by atoms with Gasteiger partial charge in [0.25, 0.3) is 5.69 Å². The zero-order valence-electron chi connectivity index (χ0n) is 12.1. The third-order valence-electron chi connectivity index (χ3n) is 4.03. The summed E-state index contributed by atoms with van der Waals surface area (Å²) in [6.45, 7) is 3.22. The van der Waals surface area contributed by atoms with Crippen LogP contribution in [0.25, 0.3) is 0 Å². The van der Waals surface area contributed by atoms with E-state index in [0.29, 0.717) is 24.2 Å². The number of aryl methyl sites for hydroxylation is 1. The summed E-state index contributed by atoms with van der Waals surface area (Å²) in [4.78, 5) is 23.7. The van der Waals surface area contributed by atoms with Crippen LogP contribution < -0.4 is 4.90 Å². The first-order valence-corrected chi connectivity index (χ1v) is 7.19. The Morgan fingerprint density at radius 2 is 2.29 bits per heavy atom. The van der Waals surface area contributed by atoms with Crippen LogP contribution in [0, 0.1) is 23.0 Å². The topological polar surface area (TPSA) is 83.7 Å². The van der Waals surface area contributed by atoms with Gasteiger partial charge in [0.05, 0.1) is 4.92 Å². The molecule has 0 saturated carbocycles. The van der Waals surface area contributed by atoms with Gasteiger partial charge < -0.3 is 10.0 Å². The van der Waals surface area contributed by atoms with Crippen LogP contribution in [-0.4, -0.2) is 29.1 Å². The molecule has 1 aliphatic rings. The number of piperidine rings is 1. The van der Waals surface area contributed by atoms with E-state index in [9.17, 15) is 14.9 Å². The van der Waals surface area contributed by atoms with Crippen LogP contribution in [0.2, 0.25) is 0 Å². The minimum Gasteiger partial charge on any atom is -0.481 e. The largest absolute Gasteiger partial charge is 0.481 e. The normalized spacial score (nSPS) is 18.5. The van der Waals surface area contributed by atoms with Crippen LogP contribution in [0.15, 0.2) is 18.2 Å². The van der Waals surface area contributed by atoms with E-state index < -0.39 is 5.97 Å². The molecule has 1 N–H and O–H groups in total. The molecule has 1 fully saturated rings. The van der Waals surface area contributed by atoms with Gasteiger partial charge in [-0.3, -0.25) is 14.9 Å². The SMILES string of the molecule is Cc1cccc(N2CCCC(CCC(=O)O)C2)c1[N+](=O)[O-]. The van der Waals surface area contributed by atoms with Gasteiger partial charge in [-0.15, -0.1) is 0 Å². The van der Waals surface area contributed by atoms with Crippen molar-refractivity contribution in [2.24, 2.45) is 5.92 Å². The fourth-order valence-corrected chi connectivity index (χ4v) is 2.98. The molecule has 0 bridgehead atoms. The number of anilines is 1. The summed E-state index contributed by atoms with van der Waals surface area (Å²) in [5.41, 5.74) is 1.47. The van der Waals surface area contributed by atoms with Crippen molar-refractivity contribution in [3.8, 4) is 0 Å². The number of rotatable bonds is 5. The lowest BCUT2D eigenvalue weighted by Crippen LogP contribution is -2.36. The zero-order valence-corrected chi connectivity index (χ0v) is 12.1. The van der Waals surface area contributed by atoms with Gasteiger partial charge in [0, 0.05) is 25.1 Å². The second kappa shape index (κ2) is 6.56. The Balaban J connectivity index is 2.16. The Morgan fingerprint density at radius 3 is 2.95 bits per heavy atom. The van der Waals surface area contributed by atoms with Crippen molar-refractivity contribution >= 4 is 17.3 Å². The van der Waals surface area contributed by atoms with Gasteiger partial charge in [0.15, 0.2) is 0 Å². The highest BCUT2D eigenvalue weighted by Gasteiger charge is 2.26. The smallest absolute Gasteiger partial charge is 0.303 e. The molecule has 0 amide bonds. The fraction of sp³-hybridized carbons (Fsp3) is 0.533. The molecule has 1 aromatic rings. The second-order valence-corrected chi connectivity index (χ2v) is 5.59. The van der Waals surface area contributed by atoms with Crippen LogP contribution in [0.5, 0.6) is 0 Å². The Bertz CT molecular complexity index is 544. The van der Waals surface area contributed by atoms with Crippen LogP contribution >= 0.6 is 0 Å². The highest BCUT2D eigenvalue weighted by atomic mass is 16.6. The minimum atomic E-state index is -0.784. The molecule has 1 aromatic carbocycles. The number of nitro benzene ring substituents is 1. The average Bonchev–Trinajstić information content (AvgIpc) is 2.44. The molecule has 2 rings (SSSR count). The number of carbonyl (C=O) groups is 1. The first-order valence-electron chi connectivity index (χ1n) is 7.19. The average molecular weight is 292 g/mol. The van der Waals surface area contributed by atoms with Gasteiger partial charge in [0.2, 0.25) is 0 Å². The highest BCUT2D eigenvalue weighted by Crippen LogP contribution is 2.34. The number of hydrogen-bond acceptors (Lipinski definition) is 4. The number of carboxylic acid groups (broad SMARTS) is 1. The second-order valence-electron chi connectivity index (χ2n) is 5.59. The lowest BCUT2D eigenvalue weighted by molar-refractivity contribution is -0.384. The summed E-state index contributed by atoms with van der Waals surface area (Å²) in [5, 5.41) is 20.1. The third kappa shape index (κ3) is 3.71. The molecule has 1 unspecified atom stereocenters. The number of aliphatic carboxylic acids is 1. The van der Waals surface area contributed by atoms with E-state index in [4.69, 9.17) is 5.11 Å². The monoisotopic (exact) mass is 292 g/mol. The maximum Gasteiger partial charge on any atom is 0.303 e. The van der Waals surface area contributed by atoms with Crippen molar-refractivity contribution in [1.82, 2.24) is 0 Å². The maximum absolute atomic E-state index is 11.3. The number of carboxylic acids is 1. The summed E-state index contributed by atoms with van der Waals surface area (Å²) < 4.78 is 0. The molecule has 0 radical (unpaired) electrons. The molecular formula is C15H20N2O4. The van der Waals surface area contributed by atoms with Gasteiger partial charge in [0.1, 0.15) is 5.69 Å². The molecule has 1 atom stereocenters. The van der Waals surface area contributed by atoms with E-state index in [2.05, 4.69) is 0 Å². The Labute approximate surface area is 123 Å². The summed E-state index contributed by atoms with van der Waals surface area (Å²) in [5.74, 6) is -0.497. The number of benzene rings is 1. The van der Waals surface area contributed by atoms with Crippen LogP contribution in [0.1, 0.15) is 31.2 Å². The molecule has 1 heterocycles. The van der Waals surface area contributed by atoms with Gasteiger partial charge in [-0.05, 0) is 38.2 Å². The van der Waals surface area contributed by atoms with E-state index in [0.717, 1.165) is 19.4 Å². The lowest BCUT2D eigenvalue weighted by Gasteiger charge is -2.34. The van der Waals surface area contributed by atoms with Crippen molar-refractivity contribution in [3.63, 3.8) is 0 Å². The van der Waals surface area contributed by atoms with Crippen LogP contribution in [-0.2, 0) is 4.79 Å².